The first kappa shape index (κ1) is 16.4. The van der Waals surface area contributed by atoms with Crippen molar-refractivity contribution in [2.75, 3.05) is 0 Å². The maximum Gasteiger partial charge on any atom is 0.272 e. The van der Waals surface area contributed by atoms with Crippen molar-refractivity contribution in [2.45, 2.75) is 20.3 Å². The van der Waals surface area contributed by atoms with Crippen molar-refractivity contribution < 1.29 is 9.72 Å². The summed E-state index contributed by atoms with van der Waals surface area (Å²) < 4.78 is 0. The van der Waals surface area contributed by atoms with Crippen LogP contribution in [-0.2, 0) is 6.42 Å². The lowest BCUT2D eigenvalue weighted by Gasteiger charge is -2.04. The van der Waals surface area contributed by atoms with Gasteiger partial charge in [0, 0.05) is 29.3 Å². The smallest absolute Gasteiger partial charge is 0.267 e. The van der Waals surface area contributed by atoms with Gasteiger partial charge in [0.2, 0.25) is 0 Å². The number of aryl methyl sites for hydroxylation is 1. The predicted octanol–water partition coefficient (Wildman–Crippen LogP) is 3.25. The number of nitro groups is 1. The number of nitro benzene ring substituents is 1. The molecule has 0 saturated heterocycles. The molecule has 0 bridgehead atoms. The van der Waals surface area contributed by atoms with E-state index >= 15 is 0 Å². The van der Waals surface area contributed by atoms with Crippen LogP contribution < -0.4 is 5.43 Å². The van der Waals surface area contributed by atoms with Gasteiger partial charge in [-0.25, -0.2) is 5.43 Å². The molecule has 0 aromatic heterocycles. The Morgan fingerprint density at radius 1 is 1.22 bits per heavy atom. The van der Waals surface area contributed by atoms with Crippen molar-refractivity contribution in [3.05, 3.63) is 75.3 Å². The molecule has 2 rings (SSSR count). The molecule has 0 saturated carbocycles. The van der Waals surface area contributed by atoms with E-state index in [4.69, 9.17) is 0 Å². The minimum absolute atomic E-state index is 0.00897. The first-order chi connectivity index (χ1) is 11.0. The van der Waals surface area contributed by atoms with Crippen molar-refractivity contribution in [3.8, 4) is 0 Å². The third-order valence-electron chi connectivity index (χ3n) is 3.31. The highest BCUT2D eigenvalue weighted by Gasteiger charge is 2.13. The fourth-order valence-corrected chi connectivity index (χ4v) is 2.14. The monoisotopic (exact) mass is 311 g/mol. The zero-order chi connectivity index (χ0) is 16.8. The number of benzene rings is 2. The third-order valence-corrected chi connectivity index (χ3v) is 3.31. The molecule has 1 amide bonds. The number of amides is 1. The standard InChI is InChI=1S/C17H17N3O3/c1-12-10-15(8-9-16(12)20(22)23)17(21)19-18-13(2)11-14-6-4-3-5-7-14/h3-10H,11H2,1-2H3,(H,19,21). The Morgan fingerprint density at radius 3 is 2.52 bits per heavy atom. The second-order valence-corrected chi connectivity index (χ2v) is 5.21. The molecule has 0 unspecified atom stereocenters. The molecule has 0 radical (unpaired) electrons. The molecule has 6 nitrogen and oxygen atoms in total. The average molecular weight is 311 g/mol. The van der Waals surface area contributed by atoms with E-state index in [0.717, 1.165) is 11.3 Å². The van der Waals surface area contributed by atoms with Crippen LogP contribution >= 0.6 is 0 Å². The van der Waals surface area contributed by atoms with Crippen LogP contribution in [0.4, 0.5) is 5.69 Å². The van der Waals surface area contributed by atoms with E-state index in [1.165, 1.54) is 18.2 Å². The maximum atomic E-state index is 12.0. The van der Waals surface area contributed by atoms with E-state index in [9.17, 15) is 14.9 Å². The molecule has 118 valence electrons. The fourth-order valence-electron chi connectivity index (χ4n) is 2.14. The topological polar surface area (TPSA) is 84.6 Å². The molecule has 0 aliphatic rings. The van der Waals surface area contributed by atoms with Gasteiger partial charge in [0.1, 0.15) is 0 Å². The molecule has 0 spiro atoms. The Balaban J connectivity index is 2.03. The molecule has 0 aliphatic heterocycles. The van der Waals surface area contributed by atoms with E-state index in [1.54, 1.807) is 6.92 Å². The second kappa shape index (κ2) is 7.31. The van der Waals surface area contributed by atoms with E-state index in [1.807, 2.05) is 37.3 Å². The number of hydrogen-bond donors (Lipinski definition) is 1. The van der Waals surface area contributed by atoms with Gasteiger partial charge in [-0.05, 0) is 31.5 Å². The van der Waals surface area contributed by atoms with Crippen LogP contribution in [0.1, 0.15) is 28.4 Å². The summed E-state index contributed by atoms with van der Waals surface area (Å²) in [5.41, 5.74) is 5.11. The summed E-state index contributed by atoms with van der Waals surface area (Å²) in [5.74, 6) is -0.393. The summed E-state index contributed by atoms with van der Waals surface area (Å²) in [6, 6.07) is 14.0. The van der Waals surface area contributed by atoms with Crippen LogP contribution in [0.25, 0.3) is 0 Å². The highest BCUT2D eigenvalue weighted by molar-refractivity contribution is 5.95. The zero-order valence-electron chi connectivity index (χ0n) is 12.9. The molecule has 1 N–H and O–H groups in total. The van der Waals surface area contributed by atoms with Gasteiger partial charge in [-0.1, -0.05) is 30.3 Å². The summed E-state index contributed by atoms with van der Waals surface area (Å²) in [6.07, 6.45) is 0.639. The Hall–Kier alpha value is -3.02. The number of hydrogen-bond acceptors (Lipinski definition) is 4. The van der Waals surface area contributed by atoms with Gasteiger partial charge in [0.05, 0.1) is 4.92 Å². The molecule has 0 heterocycles. The molecule has 2 aromatic rings. The SMILES string of the molecule is CC(Cc1ccccc1)=NNC(=O)c1ccc([N+](=O)[O-])c(C)c1. The van der Waals surface area contributed by atoms with Gasteiger partial charge in [0.25, 0.3) is 11.6 Å². The maximum absolute atomic E-state index is 12.0. The Bertz CT molecular complexity index is 755. The van der Waals surface area contributed by atoms with Gasteiger partial charge in [-0.15, -0.1) is 0 Å². The highest BCUT2D eigenvalue weighted by atomic mass is 16.6. The number of nitrogens with zero attached hydrogens (tertiary/aromatic N) is 2. The molecule has 2 aromatic carbocycles. The molecule has 0 fully saturated rings. The lowest BCUT2D eigenvalue weighted by Crippen LogP contribution is -2.19. The largest absolute Gasteiger partial charge is 0.272 e. The Labute approximate surface area is 134 Å². The number of carbonyl (C=O) groups is 1. The molecule has 23 heavy (non-hydrogen) atoms. The fraction of sp³-hybridized carbons (Fsp3) is 0.176. The number of rotatable bonds is 5. The molecule has 0 aliphatic carbocycles. The van der Waals surface area contributed by atoms with Gasteiger partial charge in [0.15, 0.2) is 0 Å². The van der Waals surface area contributed by atoms with Crippen LogP contribution in [0, 0.1) is 17.0 Å². The summed E-state index contributed by atoms with van der Waals surface area (Å²) in [5, 5.41) is 14.8. The minimum Gasteiger partial charge on any atom is -0.267 e. The van der Waals surface area contributed by atoms with Gasteiger partial charge < -0.3 is 0 Å². The van der Waals surface area contributed by atoms with Crippen molar-refractivity contribution >= 4 is 17.3 Å². The van der Waals surface area contributed by atoms with Crippen LogP contribution in [-0.4, -0.2) is 16.5 Å². The summed E-state index contributed by atoms with van der Waals surface area (Å²) in [4.78, 5) is 22.3. The average Bonchev–Trinajstić information content (AvgIpc) is 2.53. The first-order valence-corrected chi connectivity index (χ1v) is 7.10. The summed E-state index contributed by atoms with van der Waals surface area (Å²) in [6.45, 7) is 3.42. The molecular formula is C17H17N3O3. The third kappa shape index (κ3) is 4.47. The van der Waals surface area contributed by atoms with E-state index in [0.29, 0.717) is 17.5 Å². The lowest BCUT2D eigenvalue weighted by molar-refractivity contribution is -0.385. The van der Waals surface area contributed by atoms with Crippen LogP contribution in [0.2, 0.25) is 0 Å². The van der Waals surface area contributed by atoms with Crippen LogP contribution in [0.5, 0.6) is 0 Å². The summed E-state index contributed by atoms with van der Waals surface area (Å²) >= 11 is 0. The van der Waals surface area contributed by atoms with Crippen molar-refractivity contribution in [1.82, 2.24) is 5.43 Å². The van der Waals surface area contributed by atoms with E-state index < -0.39 is 10.8 Å². The van der Waals surface area contributed by atoms with Gasteiger partial charge >= 0.3 is 0 Å². The number of carbonyl (C=O) groups excluding carboxylic acids is 1. The van der Waals surface area contributed by atoms with Gasteiger partial charge in [-0.2, -0.15) is 5.10 Å². The Kier molecular flexibility index (Phi) is 5.19. The van der Waals surface area contributed by atoms with Crippen LogP contribution in [0.3, 0.4) is 0 Å². The molecule has 0 atom stereocenters. The van der Waals surface area contributed by atoms with Gasteiger partial charge in [-0.3, -0.25) is 14.9 Å². The van der Waals surface area contributed by atoms with Crippen LogP contribution in [0.15, 0.2) is 53.6 Å². The van der Waals surface area contributed by atoms with E-state index in [-0.39, 0.29) is 5.69 Å². The number of hydrazone groups is 1. The first-order valence-electron chi connectivity index (χ1n) is 7.10. The highest BCUT2D eigenvalue weighted by Crippen LogP contribution is 2.18. The van der Waals surface area contributed by atoms with Crippen molar-refractivity contribution in [3.63, 3.8) is 0 Å². The van der Waals surface area contributed by atoms with E-state index in [2.05, 4.69) is 10.5 Å². The molecular weight excluding hydrogens is 294 g/mol. The quantitative estimate of drug-likeness (QED) is 0.522. The number of nitrogens with one attached hydrogen (secondary N) is 1. The summed E-state index contributed by atoms with van der Waals surface area (Å²) in [7, 11) is 0. The second-order valence-electron chi connectivity index (χ2n) is 5.21. The van der Waals surface area contributed by atoms with Crippen molar-refractivity contribution in [2.24, 2.45) is 5.10 Å². The molecule has 6 heteroatoms. The zero-order valence-corrected chi connectivity index (χ0v) is 12.9. The normalized spacial score (nSPS) is 11.1. The van der Waals surface area contributed by atoms with Crippen molar-refractivity contribution in [1.29, 1.82) is 0 Å². The lowest BCUT2D eigenvalue weighted by atomic mass is 10.1. The predicted molar refractivity (Wildman–Crippen MR) is 88.6 cm³/mol. The Morgan fingerprint density at radius 2 is 1.91 bits per heavy atom. The minimum atomic E-state index is -0.473.